The molecular formula is C20H25F5N4O3. The van der Waals surface area contributed by atoms with Crippen molar-refractivity contribution in [2.45, 2.75) is 44.3 Å². The van der Waals surface area contributed by atoms with Gasteiger partial charge in [0.2, 0.25) is 5.91 Å². The average molecular weight is 464 g/mol. The molecule has 1 amide bonds. The molecule has 2 saturated heterocycles. The Morgan fingerprint density at radius 2 is 1.97 bits per heavy atom. The van der Waals surface area contributed by atoms with Crippen LogP contribution in [0.3, 0.4) is 0 Å². The van der Waals surface area contributed by atoms with Gasteiger partial charge >= 0.3 is 12.8 Å². The third kappa shape index (κ3) is 4.65. The number of amides is 1. The SMILES string of the molecule is CC1CN(c2ccc(OC(F)F)cc2)CCC1C(=N)C1C(N)NC(=O)CC1(O)C(F)(F)F. The van der Waals surface area contributed by atoms with Crippen molar-refractivity contribution in [1.82, 2.24) is 5.32 Å². The van der Waals surface area contributed by atoms with Crippen molar-refractivity contribution in [1.29, 1.82) is 5.41 Å². The van der Waals surface area contributed by atoms with Crippen molar-refractivity contribution >= 4 is 17.3 Å². The second-order valence-electron chi connectivity index (χ2n) is 8.32. The summed E-state index contributed by atoms with van der Waals surface area (Å²) in [5, 5.41) is 21.1. The Kier molecular flexibility index (Phi) is 6.66. The molecule has 7 nitrogen and oxygen atoms in total. The van der Waals surface area contributed by atoms with Crippen LogP contribution >= 0.6 is 0 Å². The first-order valence-corrected chi connectivity index (χ1v) is 10.1. The minimum atomic E-state index is -5.13. The molecular weight excluding hydrogens is 439 g/mol. The van der Waals surface area contributed by atoms with E-state index in [1.165, 1.54) is 12.1 Å². The molecule has 0 aromatic heterocycles. The summed E-state index contributed by atoms with van der Waals surface area (Å²) in [6, 6.07) is 6.00. The molecule has 2 aliphatic rings. The van der Waals surface area contributed by atoms with Gasteiger partial charge < -0.3 is 31.2 Å². The number of ether oxygens (including phenoxy) is 1. The Bertz CT molecular complexity index is 851. The minimum Gasteiger partial charge on any atom is -0.435 e. The Morgan fingerprint density at radius 1 is 1.34 bits per heavy atom. The molecule has 5 unspecified atom stereocenters. The zero-order valence-electron chi connectivity index (χ0n) is 17.2. The van der Waals surface area contributed by atoms with Crippen LogP contribution in [0.2, 0.25) is 0 Å². The lowest BCUT2D eigenvalue weighted by atomic mass is 9.69. The number of benzene rings is 1. The molecule has 0 saturated carbocycles. The predicted molar refractivity (Wildman–Crippen MR) is 106 cm³/mol. The maximum absolute atomic E-state index is 13.7. The van der Waals surface area contributed by atoms with Crippen molar-refractivity contribution < 1.29 is 36.6 Å². The van der Waals surface area contributed by atoms with E-state index >= 15 is 0 Å². The van der Waals surface area contributed by atoms with Crippen molar-refractivity contribution in [2.24, 2.45) is 23.5 Å². The van der Waals surface area contributed by atoms with Gasteiger partial charge in [-0.2, -0.15) is 22.0 Å². The average Bonchev–Trinajstić information content (AvgIpc) is 2.66. The van der Waals surface area contributed by atoms with Gasteiger partial charge in [0.05, 0.1) is 18.5 Å². The molecule has 5 N–H and O–H groups in total. The first kappa shape index (κ1) is 24.2. The van der Waals surface area contributed by atoms with Crippen LogP contribution in [0.15, 0.2) is 24.3 Å². The number of anilines is 1. The maximum atomic E-state index is 13.7. The van der Waals surface area contributed by atoms with Gasteiger partial charge in [0.1, 0.15) is 5.75 Å². The number of piperidine rings is 2. The molecule has 5 atom stereocenters. The fraction of sp³-hybridized carbons (Fsp3) is 0.600. The molecule has 1 aromatic carbocycles. The molecule has 0 bridgehead atoms. The number of carbonyl (C=O) groups excluding carboxylic acids is 1. The quantitative estimate of drug-likeness (QED) is 0.395. The van der Waals surface area contributed by atoms with Crippen LogP contribution < -0.4 is 20.7 Å². The fourth-order valence-corrected chi connectivity index (χ4v) is 4.61. The number of hydrogen-bond acceptors (Lipinski definition) is 6. The van der Waals surface area contributed by atoms with E-state index in [-0.39, 0.29) is 17.4 Å². The normalized spacial score (nSPS) is 31.4. The predicted octanol–water partition coefficient (Wildman–Crippen LogP) is 2.48. The second-order valence-corrected chi connectivity index (χ2v) is 8.32. The summed E-state index contributed by atoms with van der Waals surface area (Å²) in [7, 11) is 0. The summed E-state index contributed by atoms with van der Waals surface area (Å²) in [5.74, 6) is -3.68. The number of hydrogen-bond donors (Lipinski definition) is 4. The van der Waals surface area contributed by atoms with Gasteiger partial charge in [0, 0.05) is 30.4 Å². The Morgan fingerprint density at radius 3 is 2.50 bits per heavy atom. The number of nitrogens with two attached hydrogens (primary N) is 1. The van der Waals surface area contributed by atoms with Crippen molar-refractivity contribution in [3.8, 4) is 5.75 Å². The van der Waals surface area contributed by atoms with Gasteiger partial charge in [-0.3, -0.25) is 4.79 Å². The lowest BCUT2D eigenvalue weighted by Crippen LogP contribution is -2.70. The van der Waals surface area contributed by atoms with E-state index in [0.29, 0.717) is 19.5 Å². The first-order chi connectivity index (χ1) is 14.8. The summed E-state index contributed by atoms with van der Waals surface area (Å²) >= 11 is 0. The van der Waals surface area contributed by atoms with Crippen molar-refractivity contribution in [3.63, 3.8) is 0 Å². The number of aliphatic hydroxyl groups is 1. The molecule has 32 heavy (non-hydrogen) atoms. The second kappa shape index (κ2) is 8.81. The van der Waals surface area contributed by atoms with Crippen molar-refractivity contribution in [3.05, 3.63) is 24.3 Å². The topological polar surface area (TPSA) is 112 Å². The third-order valence-electron chi connectivity index (χ3n) is 6.19. The molecule has 12 heteroatoms. The van der Waals surface area contributed by atoms with Gasteiger partial charge in [-0.25, -0.2) is 0 Å². The Labute approximate surface area is 181 Å². The summed E-state index contributed by atoms with van der Waals surface area (Å²) in [4.78, 5) is 13.6. The molecule has 0 radical (unpaired) electrons. The zero-order valence-corrected chi connectivity index (χ0v) is 17.2. The highest BCUT2D eigenvalue weighted by molar-refractivity contribution is 5.91. The standard InChI is InChI=1S/C20H25F5N4O3/c1-10-9-29(11-2-4-12(5-3-11)32-18(21)22)7-6-13(10)16(26)15-17(27)28-14(30)8-19(15,31)20(23,24)25/h2-5,10,13,15,17-18,26,31H,6-9,27H2,1H3,(H,28,30). The highest BCUT2D eigenvalue weighted by Crippen LogP contribution is 2.44. The summed E-state index contributed by atoms with van der Waals surface area (Å²) < 4.78 is 70.0. The van der Waals surface area contributed by atoms with Gasteiger partial charge in [-0.05, 0) is 36.6 Å². The van der Waals surface area contributed by atoms with Crippen LogP contribution in [0.1, 0.15) is 19.8 Å². The van der Waals surface area contributed by atoms with E-state index in [2.05, 4.69) is 10.1 Å². The van der Waals surface area contributed by atoms with Crippen LogP contribution in [0.25, 0.3) is 0 Å². The number of rotatable bonds is 5. The first-order valence-electron chi connectivity index (χ1n) is 10.1. The molecule has 0 spiro atoms. The molecule has 2 fully saturated rings. The van der Waals surface area contributed by atoms with E-state index in [4.69, 9.17) is 11.1 Å². The lowest BCUT2D eigenvalue weighted by Gasteiger charge is -2.47. The minimum absolute atomic E-state index is 0.00762. The van der Waals surface area contributed by atoms with Gasteiger partial charge in [-0.15, -0.1) is 0 Å². The molecule has 178 valence electrons. The van der Waals surface area contributed by atoms with Gasteiger partial charge in [0.15, 0.2) is 5.60 Å². The van der Waals surface area contributed by atoms with Crippen LogP contribution in [-0.4, -0.2) is 54.4 Å². The molecule has 2 aliphatic heterocycles. The third-order valence-corrected chi connectivity index (χ3v) is 6.19. The molecule has 0 aliphatic carbocycles. The summed E-state index contributed by atoms with van der Waals surface area (Å²) in [6.07, 6.45) is -7.56. The van der Waals surface area contributed by atoms with Crippen LogP contribution in [-0.2, 0) is 4.79 Å². The maximum Gasteiger partial charge on any atom is 0.418 e. The number of nitrogens with one attached hydrogen (secondary N) is 2. The number of carbonyl (C=O) groups is 1. The largest absolute Gasteiger partial charge is 0.435 e. The lowest BCUT2D eigenvalue weighted by molar-refractivity contribution is -0.279. The van der Waals surface area contributed by atoms with E-state index in [9.17, 15) is 31.9 Å². The van der Waals surface area contributed by atoms with Gasteiger partial charge in [0.25, 0.3) is 0 Å². The smallest absolute Gasteiger partial charge is 0.418 e. The Hall–Kier alpha value is -2.47. The van der Waals surface area contributed by atoms with E-state index in [0.717, 1.165) is 5.69 Å². The molecule has 2 heterocycles. The van der Waals surface area contributed by atoms with E-state index in [1.807, 2.05) is 4.90 Å². The molecule has 1 aromatic rings. The van der Waals surface area contributed by atoms with E-state index < -0.39 is 48.7 Å². The molecule has 3 rings (SSSR count). The number of halogens is 5. The Balaban J connectivity index is 1.74. The number of alkyl halides is 5. The van der Waals surface area contributed by atoms with E-state index in [1.54, 1.807) is 19.1 Å². The monoisotopic (exact) mass is 464 g/mol. The van der Waals surface area contributed by atoms with Crippen molar-refractivity contribution in [2.75, 3.05) is 18.0 Å². The zero-order chi connectivity index (χ0) is 23.8. The van der Waals surface area contributed by atoms with Crippen LogP contribution in [0, 0.1) is 23.2 Å². The highest BCUT2D eigenvalue weighted by Gasteiger charge is 2.64. The fourth-order valence-electron chi connectivity index (χ4n) is 4.61. The number of nitrogens with zero attached hydrogens (tertiary/aromatic N) is 1. The van der Waals surface area contributed by atoms with Crippen LogP contribution in [0.4, 0.5) is 27.6 Å². The highest BCUT2D eigenvalue weighted by atomic mass is 19.4. The summed E-state index contributed by atoms with van der Waals surface area (Å²) in [6.45, 7) is -0.375. The summed E-state index contributed by atoms with van der Waals surface area (Å²) in [5.41, 5.74) is 2.72. The van der Waals surface area contributed by atoms with Gasteiger partial charge in [-0.1, -0.05) is 6.92 Å². The van der Waals surface area contributed by atoms with Crippen LogP contribution in [0.5, 0.6) is 5.75 Å².